The van der Waals surface area contributed by atoms with Gasteiger partial charge in [-0.15, -0.1) is 0 Å². The molecule has 0 aromatic carbocycles. The summed E-state index contributed by atoms with van der Waals surface area (Å²) in [7, 11) is 0. The molecule has 2 unspecified atom stereocenters. The van der Waals surface area contributed by atoms with E-state index in [9.17, 15) is 4.79 Å². The standard InChI is InChI=1S/C14H25NO2/c1-13(2)12(14(13,3)4)15-10-7-5-6-9(8-10)11(16)17/h9-10,12,15H,5-8H2,1-4H3,(H,16,17). The molecule has 3 heteroatoms. The van der Waals surface area contributed by atoms with Gasteiger partial charge in [0.1, 0.15) is 0 Å². The van der Waals surface area contributed by atoms with Crippen molar-refractivity contribution in [1.82, 2.24) is 5.32 Å². The topological polar surface area (TPSA) is 49.3 Å². The Kier molecular flexibility index (Phi) is 3.01. The Balaban J connectivity index is 1.91. The van der Waals surface area contributed by atoms with Crippen molar-refractivity contribution in [2.24, 2.45) is 16.7 Å². The van der Waals surface area contributed by atoms with E-state index in [-0.39, 0.29) is 5.92 Å². The molecule has 0 aromatic rings. The van der Waals surface area contributed by atoms with Crippen molar-refractivity contribution in [3.8, 4) is 0 Å². The summed E-state index contributed by atoms with van der Waals surface area (Å²) in [6.45, 7) is 9.18. The van der Waals surface area contributed by atoms with Gasteiger partial charge in [-0.1, -0.05) is 34.1 Å². The molecule has 17 heavy (non-hydrogen) atoms. The van der Waals surface area contributed by atoms with Crippen LogP contribution in [0.3, 0.4) is 0 Å². The van der Waals surface area contributed by atoms with E-state index >= 15 is 0 Å². The summed E-state index contributed by atoms with van der Waals surface area (Å²) in [5.74, 6) is -0.753. The molecule has 0 aromatic heterocycles. The monoisotopic (exact) mass is 239 g/mol. The minimum atomic E-state index is -0.620. The summed E-state index contributed by atoms with van der Waals surface area (Å²) < 4.78 is 0. The summed E-state index contributed by atoms with van der Waals surface area (Å²) in [4.78, 5) is 11.0. The van der Waals surface area contributed by atoms with E-state index in [0.29, 0.717) is 22.9 Å². The van der Waals surface area contributed by atoms with E-state index in [1.807, 2.05) is 0 Å². The third-order valence-electron chi connectivity index (χ3n) is 5.45. The summed E-state index contributed by atoms with van der Waals surface area (Å²) >= 11 is 0. The molecule has 0 spiro atoms. The van der Waals surface area contributed by atoms with Gasteiger partial charge in [0.05, 0.1) is 5.92 Å². The van der Waals surface area contributed by atoms with Gasteiger partial charge in [-0.05, 0) is 30.1 Å². The molecule has 0 heterocycles. The van der Waals surface area contributed by atoms with Crippen molar-refractivity contribution in [3.63, 3.8) is 0 Å². The largest absolute Gasteiger partial charge is 0.481 e. The summed E-state index contributed by atoms with van der Waals surface area (Å²) in [5.41, 5.74) is 0.673. The minimum Gasteiger partial charge on any atom is -0.481 e. The predicted molar refractivity (Wildman–Crippen MR) is 67.9 cm³/mol. The Labute approximate surface area is 104 Å². The molecular formula is C14H25NO2. The van der Waals surface area contributed by atoms with Gasteiger partial charge in [0.25, 0.3) is 0 Å². The van der Waals surface area contributed by atoms with Crippen LogP contribution in [-0.4, -0.2) is 23.2 Å². The molecule has 0 radical (unpaired) electrons. The highest BCUT2D eigenvalue weighted by Crippen LogP contribution is 2.62. The zero-order chi connectivity index (χ0) is 12.8. The van der Waals surface area contributed by atoms with Crippen LogP contribution in [0.25, 0.3) is 0 Å². The van der Waals surface area contributed by atoms with Gasteiger partial charge in [-0.25, -0.2) is 0 Å². The maximum Gasteiger partial charge on any atom is 0.306 e. The Morgan fingerprint density at radius 1 is 1.18 bits per heavy atom. The molecule has 0 amide bonds. The van der Waals surface area contributed by atoms with E-state index in [0.717, 1.165) is 25.7 Å². The molecule has 3 nitrogen and oxygen atoms in total. The number of carboxylic acids is 1. The first kappa shape index (κ1) is 12.9. The minimum absolute atomic E-state index is 0.133. The Bertz CT molecular complexity index is 308. The van der Waals surface area contributed by atoms with Gasteiger partial charge in [0, 0.05) is 12.1 Å². The quantitative estimate of drug-likeness (QED) is 0.796. The first-order valence-electron chi connectivity index (χ1n) is 6.75. The average molecular weight is 239 g/mol. The smallest absolute Gasteiger partial charge is 0.306 e. The van der Waals surface area contributed by atoms with Gasteiger partial charge in [-0.3, -0.25) is 4.79 Å². The molecule has 2 rings (SSSR count). The van der Waals surface area contributed by atoms with Crippen molar-refractivity contribution in [2.75, 3.05) is 0 Å². The molecule has 0 aliphatic heterocycles. The van der Waals surface area contributed by atoms with E-state index in [2.05, 4.69) is 33.0 Å². The summed E-state index contributed by atoms with van der Waals surface area (Å²) in [6.07, 6.45) is 3.83. The average Bonchev–Trinajstić information content (AvgIpc) is 2.61. The highest BCUT2D eigenvalue weighted by atomic mass is 16.4. The molecule has 2 N–H and O–H groups in total. The molecule has 2 aliphatic rings. The number of rotatable bonds is 3. The number of nitrogens with one attached hydrogen (secondary N) is 1. The second-order valence-corrected chi connectivity index (χ2v) is 6.94. The lowest BCUT2D eigenvalue weighted by Gasteiger charge is -2.28. The van der Waals surface area contributed by atoms with Crippen molar-refractivity contribution < 1.29 is 9.90 Å². The first-order valence-corrected chi connectivity index (χ1v) is 6.75. The second kappa shape index (κ2) is 3.98. The maximum atomic E-state index is 11.0. The van der Waals surface area contributed by atoms with Gasteiger partial charge >= 0.3 is 5.97 Å². The number of hydrogen-bond acceptors (Lipinski definition) is 2. The van der Waals surface area contributed by atoms with Crippen LogP contribution >= 0.6 is 0 Å². The van der Waals surface area contributed by atoms with Crippen molar-refractivity contribution in [2.45, 2.75) is 65.5 Å². The first-order chi connectivity index (χ1) is 7.76. The maximum absolute atomic E-state index is 11.0. The van der Waals surface area contributed by atoms with Gasteiger partial charge in [0.15, 0.2) is 0 Å². The van der Waals surface area contributed by atoms with Crippen molar-refractivity contribution >= 4 is 5.97 Å². The molecule has 0 bridgehead atoms. The van der Waals surface area contributed by atoms with Crippen LogP contribution in [-0.2, 0) is 4.79 Å². The highest BCUT2D eigenvalue weighted by molar-refractivity contribution is 5.70. The lowest BCUT2D eigenvalue weighted by molar-refractivity contribution is -0.143. The van der Waals surface area contributed by atoms with Crippen LogP contribution in [0.4, 0.5) is 0 Å². The summed E-state index contributed by atoms with van der Waals surface area (Å²) in [5, 5.41) is 12.8. The Morgan fingerprint density at radius 2 is 1.76 bits per heavy atom. The zero-order valence-corrected chi connectivity index (χ0v) is 11.4. The highest BCUT2D eigenvalue weighted by Gasteiger charge is 2.64. The molecule has 98 valence electrons. The number of carboxylic acid groups (broad SMARTS) is 1. The molecular weight excluding hydrogens is 214 g/mol. The van der Waals surface area contributed by atoms with Crippen LogP contribution in [0, 0.1) is 16.7 Å². The number of carbonyl (C=O) groups is 1. The molecule has 2 aliphatic carbocycles. The molecule has 2 atom stereocenters. The lowest BCUT2D eigenvalue weighted by atomic mass is 9.85. The van der Waals surface area contributed by atoms with Gasteiger partial charge < -0.3 is 10.4 Å². The van der Waals surface area contributed by atoms with Crippen LogP contribution < -0.4 is 5.32 Å². The van der Waals surface area contributed by atoms with Gasteiger partial charge in [0.2, 0.25) is 0 Å². The van der Waals surface area contributed by atoms with Crippen LogP contribution in [0.5, 0.6) is 0 Å². The predicted octanol–water partition coefficient (Wildman–Crippen LogP) is 2.65. The molecule has 2 saturated carbocycles. The Morgan fingerprint density at radius 3 is 2.24 bits per heavy atom. The lowest BCUT2D eigenvalue weighted by Crippen LogP contribution is -2.39. The molecule has 0 saturated heterocycles. The molecule has 2 fully saturated rings. The summed E-state index contributed by atoms with van der Waals surface area (Å²) in [6, 6.07) is 0.934. The third-order valence-corrected chi connectivity index (χ3v) is 5.45. The van der Waals surface area contributed by atoms with E-state index in [1.165, 1.54) is 0 Å². The van der Waals surface area contributed by atoms with Crippen molar-refractivity contribution in [3.05, 3.63) is 0 Å². The second-order valence-electron chi connectivity index (χ2n) is 6.94. The fraction of sp³-hybridized carbons (Fsp3) is 0.929. The number of hydrogen-bond donors (Lipinski definition) is 2. The van der Waals surface area contributed by atoms with E-state index in [1.54, 1.807) is 0 Å². The normalized spacial score (nSPS) is 35.5. The van der Waals surface area contributed by atoms with Crippen molar-refractivity contribution in [1.29, 1.82) is 0 Å². The van der Waals surface area contributed by atoms with E-state index < -0.39 is 5.97 Å². The zero-order valence-electron chi connectivity index (χ0n) is 11.4. The van der Waals surface area contributed by atoms with Crippen LogP contribution in [0.1, 0.15) is 53.4 Å². The third kappa shape index (κ3) is 2.10. The van der Waals surface area contributed by atoms with Gasteiger partial charge in [-0.2, -0.15) is 0 Å². The fourth-order valence-electron chi connectivity index (χ4n) is 3.41. The fourth-order valence-corrected chi connectivity index (χ4v) is 3.41. The Hall–Kier alpha value is -0.570. The van der Waals surface area contributed by atoms with Crippen LogP contribution in [0.2, 0.25) is 0 Å². The SMILES string of the molecule is CC1(C)C(NC2CCCC(C(=O)O)C2)C1(C)C. The van der Waals surface area contributed by atoms with Crippen LogP contribution in [0.15, 0.2) is 0 Å². The number of aliphatic carboxylic acids is 1. The van der Waals surface area contributed by atoms with E-state index in [4.69, 9.17) is 5.11 Å².